The Labute approximate surface area is 187 Å². The predicted molar refractivity (Wildman–Crippen MR) is 126 cm³/mol. The number of aromatic nitrogens is 1. The number of aromatic amines is 1. The lowest BCUT2D eigenvalue weighted by atomic mass is 10.1. The number of nitrogens with zero attached hydrogens (tertiary/aromatic N) is 3. The van der Waals surface area contributed by atoms with Gasteiger partial charge in [-0.05, 0) is 50.5 Å². The number of carbonyl (C=O) groups excluding carboxylic acids is 1. The Bertz CT molecular complexity index is 1250. The molecule has 0 bridgehead atoms. The van der Waals surface area contributed by atoms with Crippen LogP contribution in [0.4, 0.5) is 11.4 Å². The van der Waals surface area contributed by atoms with Gasteiger partial charge in [-0.3, -0.25) is 9.30 Å². The van der Waals surface area contributed by atoms with Crippen LogP contribution in [-0.2, 0) is 14.8 Å². The van der Waals surface area contributed by atoms with E-state index >= 15 is 0 Å². The summed E-state index contributed by atoms with van der Waals surface area (Å²) in [6.45, 7) is 0.926. The molecular formula is C22H26N4O5S. The second-order valence-electron chi connectivity index (χ2n) is 7.55. The first kappa shape index (κ1) is 23.3. The van der Waals surface area contributed by atoms with Gasteiger partial charge in [-0.1, -0.05) is 6.07 Å². The normalized spacial score (nSPS) is 12.0. The van der Waals surface area contributed by atoms with Crippen molar-refractivity contribution in [3.63, 3.8) is 0 Å². The molecule has 0 fully saturated rings. The summed E-state index contributed by atoms with van der Waals surface area (Å²) >= 11 is 0. The zero-order valence-corrected chi connectivity index (χ0v) is 19.2. The van der Waals surface area contributed by atoms with E-state index in [0.29, 0.717) is 46.5 Å². The van der Waals surface area contributed by atoms with Crippen molar-refractivity contribution in [2.24, 2.45) is 4.99 Å². The largest absolute Gasteiger partial charge is 0.494 e. The van der Waals surface area contributed by atoms with E-state index in [1.807, 2.05) is 19.0 Å². The van der Waals surface area contributed by atoms with E-state index in [0.717, 1.165) is 0 Å². The molecule has 0 atom stereocenters. The van der Waals surface area contributed by atoms with E-state index in [1.165, 1.54) is 23.9 Å². The molecule has 0 unspecified atom stereocenters. The Hall–Kier alpha value is -3.37. The second-order valence-corrected chi connectivity index (χ2v) is 9.46. The third-order valence-corrected chi connectivity index (χ3v) is 6.06. The van der Waals surface area contributed by atoms with Gasteiger partial charge < -0.3 is 19.7 Å². The van der Waals surface area contributed by atoms with E-state index in [1.54, 1.807) is 42.5 Å². The van der Waals surface area contributed by atoms with Crippen LogP contribution in [0.2, 0.25) is 0 Å². The Morgan fingerprint density at radius 3 is 2.44 bits per heavy atom. The summed E-state index contributed by atoms with van der Waals surface area (Å²) < 4.78 is 30.4. The number of carbonyl (C=O) groups is 1. The number of rotatable bonds is 8. The number of aromatic hydroxyl groups is 1. The first-order valence-corrected chi connectivity index (χ1v) is 11.6. The van der Waals surface area contributed by atoms with Crippen molar-refractivity contribution in [2.45, 2.75) is 0 Å². The van der Waals surface area contributed by atoms with E-state index in [4.69, 9.17) is 4.74 Å². The lowest BCUT2D eigenvalue weighted by Gasteiger charge is -2.24. The summed E-state index contributed by atoms with van der Waals surface area (Å²) in [6.07, 6.45) is 2.70. The minimum absolute atomic E-state index is 0.0747. The van der Waals surface area contributed by atoms with Gasteiger partial charge in [0.2, 0.25) is 10.0 Å². The first-order valence-electron chi connectivity index (χ1n) is 9.79. The van der Waals surface area contributed by atoms with Crippen LogP contribution < -0.4 is 4.31 Å². The number of hydrogen-bond acceptors (Lipinski definition) is 7. The van der Waals surface area contributed by atoms with Crippen molar-refractivity contribution in [3.05, 3.63) is 53.6 Å². The number of nitrogens with one attached hydrogen (secondary N) is 1. The fourth-order valence-electron chi connectivity index (χ4n) is 3.20. The van der Waals surface area contributed by atoms with Gasteiger partial charge in [0.1, 0.15) is 0 Å². The molecule has 3 aromatic rings. The molecule has 1 aromatic heterocycles. The smallest absolute Gasteiger partial charge is 0.337 e. The van der Waals surface area contributed by atoms with Crippen LogP contribution in [0.25, 0.3) is 10.9 Å². The highest BCUT2D eigenvalue weighted by Gasteiger charge is 2.17. The number of hydrogen-bond donors (Lipinski definition) is 2. The fourth-order valence-corrected chi connectivity index (χ4v) is 4.12. The van der Waals surface area contributed by atoms with Crippen LogP contribution in [0.3, 0.4) is 0 Å². The number of sulfonamides is 1. The predicted octanol–water partition coefficient (Wildman–Crippen LogP) is 2.74. The molecule has 1 heterocycles. The zero-order chi connectivity index (χ0) is 23.5. The second kappa shape index (κ2) is 9.41. The van der Waals surface area contributed by atoms with E-state index in [-0.39, 0.29) is 5.88 Å². The number of H-pyrrole nitrogens is 1. The number of esters is 1. The lowest BCUT2D eigenvalue weighted by molar-refractivity contribution is 0.0601. The molecule has 0 saturated heterocycles. The molecule has 0 amide bonds. The summed E-state index contributed by atoms with van der Waals surface area (Å²) in [4.78, 5) is 20.8. The first-order chi connectivity index (χ1) is 15.1. The Kier molecular flexibility index (Phi) is 6.85. The maximum absolute atomic E-state index is 12.2. The molecule has 2 aromatic carbocycles. The molecule has 0 aliphatic heterocycles. The summed E-state index contributed by atoms with van der Waals surface area (Å²) in [5, 5.41) is 11.0. The van der Waals surface area contributed by atoms with Gasteiger partial charge in [0, 0.05) is 30.2 Å². The van der Waals surface area contributed by atoms with Gasteiger partial charge in [0.15, 0.2) is 5.88 Å². The molecule has 9 nitrogen and oxygen atoms in total. The number of fused-ring (bicyclic) bond motifs is 1. The minimum atomic E-state index is -3.42. The number of anilines is 1. The van der Waals surface area contributed by atoms with Crippen molar-refractivity contribution in [1.82, 2.24) is 9.88 Å². The van der Waals surface area contributed by atoms with Crippen LogP contribution in [0.5, 0.6) is 5.88 Å². The van der Waals surface area contributed by atoms with Gasteiger partial charge in [-0.15, -0.1) is 0 Å². The Balaban J connectivity index is 1.85. The molecule has 0 aliphatic carbocycles. The SMILES string of the molecule is COC(=O)c1ccc2c(C=Nc3ccc(N(CCN(C)C)S(C)(=O)=O)cc3)c(O)[nH]c2c1. The molecule has 3 rings (SSSR count). The maximum Gasteiger partial charge on any atom is 0.337 e. The van der Waals surface area contributed by atoms with Crippen molar-refractivity contribution in [2.75, 3.05) is 44.9 Å². The van der Waals surface area contributed by atoms with Crippen LogP contribution in [-0.4, -0.2) is 76.1 Å². The van der Waals surface area contributed by atoms with Crippen molar-refractivity contribution in [3.8, 4) is 5.88 Å². The van der Waals surface area contributed by atoms with Gasteiger partial charge in [-0.2, -0.15) is 0 Å². The molecule has 0 radical (unpaired) electrons. The van der Waals surface area contributed by atoms with Gasteiger partial charge in [0.05, 0.1) is 35.9 Å². The van der Waals surface area contributed by atoms with Crippen molar-refractivity contribution in [1.29, 1.82) is 0 Å². The third-order valence-electron chi connectivity index (χ3n) is 4.87. The molecule has 10 heteroatoms. The van der Waals surface area contributed by atoms with Gasteiger partial charge >= 0.3 is 5.97 Å². The highest BCUT2D eigenvalue weighted by atomic mass is 32.2. The zero-order valence-electron chi connectivity index (χ0n) is 18.4. The molecular weight excluding hydrogens is 432 g/mol. The van der Waals surface area contributed by atoms with Gasteiger partial charge in [0.25, 0.3) is 0 Å². The topological polar surface area (TPSA) is 115 Å². The number of likely N-dealkylation sites (N-methyl/N-ethyl adjacent to an activating group) is 1. The highest BCUT2D eigenvalue weighted by Crippen LogP contribution is 2.28. The quantitative estimate of drug-likeness (QED) is 0.396. The van der Waals surface area contributed by atoms with Crippen LogP contribution >= 0.6 is 0 Å². The Morgan fingerprint density at radius 1 is 1.16 bits per heavy atom. The van der Waals surface area contributed by atoms with Crippen LogP contribution in [0.1, 0.15) is 15.9 Å². The van der Waals surface area contributed by atoms with Crippen molar-refractivity contribution < 1.29 is 23.1 Å². The third kappa shape index (κ3) is 5.27. The molecule has 170 valence electrons. The molecule has 2 N–H and O–H groups in total. The summed E-state index contributed by atoms with van der Waals surface area (Å²) in [5.41, 5.74) is 2.56. The van der Waals surface area contributed by atoms with Crippen molar-refractivity contribution >= 4 is 44.5 Å². The number of ether oxygens (including phenoxy) is 1. The number of benzene rings is 2. The van der Waals surface area contributed by atoms with E-state index < -0.39 is 16.0 Å². The monoisotopic (exact) mass is 458 g/mol. The number of aliphatic imine (C=N–C) groups is 1. The lowest BCUT2D eigenvalue weighted by Crippen LogP contribution is -2.35. The highest BCUT2D eigenvalue weighted by molar-refractivity contribution is 7.92. The average Bonchev–Trinajstić information content (AvgIpc) is 3.05. The van der Waals surface area contributed by atoms with Crippen LogP contribution in [0.15, 0.2) is 47.5 Å². The standard InChI is InChI=1S/C22H26N4O5S/c1-25(2)11-12-26(32(4,29)30)17-8-6-16(7-9-17)23-14-19-18-10-5-15(22(28)31-3)13-20(18)24-21(19)27/h5-10,13-14,24,27H,11-12H2,1-4H3. The van der Waals surface area contributed by atoms with E-state index in [2.05, 4.69) is 9.98 Å². The summed E-state index contributed by atoms with van der Waals surface area (Å²) in [5.74, 6) is -0.542. The maximum atomic E-state index is 12.2. The van der Waals surface area contributed by atoms with Gasteiger partial charge in [-0.25, -0.2) is 13.2 Å². The van der Waals surface area contributed by atoms with Crippen LogP contribution in [0, 0.1) is 0 Å². The fraction of sp³-hybridized carbons (Fsp3) is 0.273. The van der Waals surface area contributed by atoms with E-state index in [9.17, 15) is 18.3 Å². The molecule has 32 heavy (non-hydrogen) atoms. The Morgan fingerprint density at radius 2 is 1.84 bits per heavy atom. The minimum Gasteiger partial charge on any atom is -0.494 e. The molecule has 0 aliphatic rings. The molecule has 0 saturated carbocycles. The number of methoxy groups -OCH3 is 1. The molecule has 0 spiro atoms. The average molecular weight is 459 g/mol. The summed E-state index contributed by atoms with van der Waals surface area (Å²) in [7, 11) is 1.65. The summed E-state index contributed by atoms with van der Waals surface area (Å²) in [6, 6.07) is 11.7.